The minimum atomic E-state index is -0.276. The van der Waals surface area contributed by atoms with Crippen LogP contribution in [0.4, 0.5) is 5.69 Å². The molecule has 128 valence electrons. The van der Waals surface area contributed by atoms with E-state index < -0.39 is 0 Å². The molecule has 1 atom stereocenters. The van der Waals surface area contributed by atoms with Crippen LogP contribution in [0, 0.1) is 0 Å². The molecule has 0 aromatic heterocycles. The summed E-state index contributed by atoms with van der Waals surface area (Å²) >= 11 is 0. The average molecular weight is 336 g/mol. The minimum Gasteiger partial charge on any atom is -0.494 e. The fraction of sp³-hybridized carbons (Fsp3) is 0.300. The number of amides is 2. The monoisotopic (exact) mass is 336 g/mol. The van der Waals surface area contributed by atoms with Crippen LogP contribution in [0.2, 0.25) is 0 Å². The molecule has 0 spiro atoms. The lowest BCUT2D eigenvalue weighted by atomic mass is 10.1. The van der Waals surface area contributed by atoms with Gasteiger partial charge >= 0.3 is 0 Å². The van der Waals surface area contributed by atoms with Crippen molar-refractivity contribution >= 4 is 17.5 Å². The zero-order valence-electron chi connectivity index (χ0n) is 13.9. The number of nitrogens with zero attached hydrogens (tertiary/aromatic N) is 1. The Morgan fingerprint density at radius 1 is 1.00 bits per heavy atom. The van der Waals surface area contributed by atoms with Gasteiger partial charge in [-0.05, 0) is 62.2 Å². The highest BCUT2D eigenvalue weighted by Gasteiger charge is 2.36. The van der Waals surface area contributed by atoms with Crippen LogP contribution in [-0.4, -0.2) is 31.0 Å². The fourth-order valence-corrected chi connectivity index (χ4v) is 3.44. The summed E-state index contributed by atoms with van der Waals surface area (Å²) in [7, 11) is 0. The van der Waals surface area contributed by atoms with Crippen LogP contribution in [0.3, 0.4) is 0 Å². The van der Waals surface area contributed by atoms with Crippen LogP contribution in [0.15, 0.2) is 48.5 Å². The maximum Gasteiger partial charge on any atom is 0.266 e. The van der Waals surface area contributed by atoms with Gasteiger partial charge in [0.05, 0.1) is 23.4 Å². The Kier molecular flexibility index (Phi) is 4.24. The van der Waals surface area contributed by atoms with Crippen molar-refractivity contribution in [1.29, 1.82) is 0 Å². The highest BCUT2D eigenvalue weighted by atomic mass is 16.5. The summed E-state index contributed by atoms with van der Waals surface area (Å²) in [6.45, 7) is 1.75. The van der Waals surface area contributed by atoms with Crippen LogP contribution in [0.25, 0.3) is 0 Å². The molecule has 25 heavy (non-hydrogen) atoms. The SMILES string of the molecule is O=C1c2ccccc2C(=O)N1c1ccc(OCC[C@H]2CCCN2)cc1. The number of hydrogen-bond donors (Lipinski definition) is 1. The first kappa shape index (κ1) is 15.8. The Balaban J connectivity index is 1.42. The predicted octanol–water partition coefficient (Wildman–Crippen LogP) is 3.01. The number of carbonyl (C=O) groups excluding carboxylic acids is 2. The maximum atomic E-state index is 12.5. The zero-order chi connectivity index (χ0) is 17.2. The molecular formula is C20H20N2O3. The smallest absolute Gasteiger partial charge is 0.266 e. The summed E-state index contributed by atoms with van der Waals surface area (Å²) in [6.07, 6.45) is 3.43. The number of ether oxygens (including phenoxy) is 1. The molecule has 1 N–H and O–H groups in total. The lowest BCUT2D eigenvalue weighted by Crippen LogP contribution is -2.29. The zero-order valence-corrected chi connectivity index (χ0v) is 13.9. The quantitative estimate of drug-likeness (QED) is 0.853. The van der Waals surface area contributed by atoms with E-state index in [0.29, 0.717) is 29.5 Å². The number of fused-ring (bicyclic) bond motifs is 1. The Morgan fingerprint density at radius 3 is 2.28 bits per heavy atom. The molecule has 2 heterocycles. The summed E-state index contributed by atoms with van der Waals surface area (Å²) < 4.78 is 5.77. The first-order chi connectivity index (χ1) is 12.2. The van der Waals surface area contributed by atoms with Crippen molar-refractivity contribution in [3.8, 4) is 5.75 Å². The highest BCUT2D eigenvalue weighted by Crippen LogP contribution is 2.29. The van der Waals surface area contributed by atoms with E-state index in [0.717, 1.165) is 18.7 Å². The van der Waals surface area contributed by atoms with Crippen LogP contribution in [0.5, 0.6) is 5.75 Å². The van der Waals surface area contributed by atoms with E-state index in [9.17, 15) is 9.59 Å². The van der Waals surface area contributed by atoms with Crippen molar-refractivity contribution in [1.82, 2.24) is 5.32 Å². The number of rotatable bonds is 5. The Bertz CT molecular complexity index is 760. The van der Waals surface area contributed by atoms with Gasteiger partial charge in [-0.2, -0.15) is 0 Å². The van der Waals surface area contributed by atoms with Gasteiger partial charge in [-0.1, -0.05) is 12.1 Å². The van der Waals surface area contributed by atoms with Crippen molar-refractivity contribution in [3.63, 3.8) is 0 Å². The highest BCUT2D eigenvalue weighted by molar-refractivity contribution is 6.34. The van der Waals surface area contributed by atoms with Crippen molar-refractivity contribution in [2.75, 3.05) is 18.1 Å². The summed E-state index contributed by atoms with van der Waals surface area (Å²) in [4.78, 5) is 26.2. The third kappa shape index (κ3) is 3.03. The molecule has 2 aliphatic heterocycles. The van der Waals surface area contributed by atoms with E-state index in [1.807, 2.05) is 0 Å². The van der Waals surface area contributed by atoms with Gasteiger partial charge in [-0.15, -0.1) is 0 Å². The van der Waals surface area contributed by atoms with E-state index in [1.54, 1.807) is 48.5 Å². The average Bonchev–Trinajstić information content (AvgIpc) is 3.24. The van der Waals surface area contributed by atoms with Gasteiger partial charge in [-0.3, -0.25) is 9.59 Å². The molecule has 0 aliphatic carbocycles. The van der Waals surface area contributed by atoms with Gasteiger partial charge in [-0.25, -0.2) is 4.90 Å². The Hall–Kier alpha value is -2.66. The first-order valence-electron chi connectivity index (χ1n) is 8.68. The lowest BCUT2D eigenvalue weighted by molar-refractivity contribution is 0.0926. The van der Waals surface area contributed by atoms with Gasteiger partial charge in [0, 0.05) is 6.04 Å². The van der Waals surface area contributed by atoms with Gasteiger partial charge in [0.2, 0.25) is 0 Å². The Labute approximate surface area is 146 Å². The van der Waals surface area contributed by atoms with Gasteiger partial charge in [0.25, 0.3) is 11.8 Å². The molecule has 2 aromatic carbocycles. The third-order valence-corrected chi connectivity index (χ3v) is 4.79. The van der Waals surface area contributed by atoms with Crippen molar-refractivity contribution in [2.24, 2.45) is 0 Å². The number of benzene rings is 2. The van der Waals surface area contributed by atoms with E-state index in [4.69, 9.17) is 4.74 Å². The van der Waals surface area contributed by atoms with E-state index in [1.165, 1.54) is 17.7 Å². The fourth-order valence-electron chi connectivity index (χ4n) is 3.44. The van der Waals surface area contributed by atoms with Crippen LogP contribution in [-0.2, 0) is 0 Å². The number of hydrogen-bond acceptors (Lipinski definition) is 4. The first-order valence-corrected chi connectivity index (χ1v) is 8.68. The molecule has 5 nitrogen and oxygen atoms in total. The standard InChI is InChI=1S/C20H20N2O3/c23-19-17-5-1-2-6-18(17)20(24)22(19)15-7-9-16(10-8-15)25-13-11-14-4-3-12-21-14/h1-2,5-10,14,21H,3-4,11-13H2/t14-/m1/s1. The predicted molar refractivity (Wildman–Crippen MR) is 95.2 cm³/mol. The third-order valence-electron chi connectivity index (χ3n) is 4.79. The van der Waals surface area contributed by atoms with Crippen molar-refractivity contribution in [3.05, 3.63) is 59.7 Å². The van der Waals surface area contributed by atoms with E-state index in [-0.39, 0.29) is 11.8 Å². The molecule has 0 saturated carbocycles. The minimum absolute atomic E-state index is 0.276. The van der Waals surface area contributed by atoms with Gasteiger partial charge < -0.3 is 10.1 Å². The molecule has 2 aliphatic rings. The molecule has 2 amide bonds. The normalized spacial score (nSPS) is 19.4. The number of carbonyl (C=O) groups is 2. The van der Waals surface area contributed by atoms with Crippen molar-refractivity contribution in [2.45, 2.75) is 25.3 Å². The lowest BCUT2D eigenvalue weighted by Gasteiger charge is -2.15. The molecule has 4 rings (SSSR count). The van der Waals surface area contributed by atoms with Crippen LogP contribution < -0.4 is 15.0 Å². The van der Waals surface area contributed by atoms with Crippen LogP contribution >= 0.6 is 0 Å². The van der Waals surface area contributed by atoms with Crippen molar-refractivity contribution < 1.29 is 14.3 Å². The molecule has 0 unspecified atom stereocenters. The number of anilines is 1. The second-order valence-electron chi connectivity index (χ2n) is 6.42. The summed E-state index contributed by atoms with van der Waals surface area (Å²) in [5.74, 6) is 0.196. The second kappa shape index (κ2) is 6.69. The summed E-state index contributed by atoms with van der Waals surface area (Å²) in [5, 5.41) is 3.45. The number of nitrogens with one attached hydrogen (secondary N) is 1. The Morgan fingerprint density at radius 2 is 1.68 bits per heavy atom. The summed E-state index contributed by atoms with van der Waals surface area (Å²) in [6, 6.07) is 14.6. The van der Waals surface area contributed by atoms with Gasteiger partial charge in [0.15, 0.2) is 0 Å². The number of imide groups is 1. The van der Waals surface area contributed by atoms with Crippen LogP contribution in [0.1, 0.15) is 40.0 Å². The molecule has 0 radical (unpaired) electrons. The molecule has 1 fully saturated rings. The molecule has 5 heteroatoms. The maximum absolute atomic E-state index is 12.5. The topological polar surface area (TPSA) is 58.6 Å². The molecule has 2 aromatic rings. The van der Waals surface area contributed by atoms with Gasteiger partial charge in [0.1, 0.15) is 5.75 Å². The largest absolute Gasteiger partial charge is 0.494 e. The summed E-state index contributed by atoms with van der Waals surface area (Å²) in [5.41, 5.74) is 1.48. The molecule has 0 bridgehead atoms. The van der Waals surface area contributed by atoms with E-state index >= 15 is 0 Å². The molecule has 1 saturated heterocycles. The second-order valence-corrected chi connectivity index (χ2v) is 6.42. The molecular weight excluding hydrogens is 316 g/mol. The van der Waals surface area contributed by atoms with E-state index in [2.05, 4.69) is 5.32 Å².